The van der Waals surface area contributed by atoms with E-state index in [9.17, 15) is 14.4 Å². The Balaban J connectivity index is 2.31. The zero-order valence-corrected chi connectivity index (χ0v) is 12.3. The number of ether oxygens (including phenoxy) is 2. The fourth-order valence-electron chi connectivity index (χ4n) is 1.96. The van der Waals surface area contributed by atoms with Crippen molar-refractivity contribution in [2.45, 2.75) is 26.6 Å². The van der Waals surface area contributed by atoms with Gasteiger partial charge in [0.1, 0.15) is 0 Å². The molecule has 1 aliphatic heterocycles. The molecule has 7 nitrogen and oxygen atoms in total. The SMILES string of the molecule is Cc1cccc(C(=O)O)c1NC=C1C(=O)OC(C)(C)OC1=O. The first-order chi connectivity index (χ1) is 10.2. The van der Waals surface area contributed by atoms with E-state index in [0.29, 0.717) is 5.56 Å². The van der Waals surface area contributed by atoms with E-state index in [0.717, 1.165) is 6.20 Å². The number of carboxylic acids is 1. The normalized spacial score (nSPS) is 16.6. The van der Waals surface area contributed by atoms with Crippen LogP contribution in [0.1, 0.15) is 29.8 Å². The molecule has 22 heavy (non-hydrogen) atoms. The molecular formula is C15H15NO6. The molecule has 0 unspecified atom stereocenters. The second kappa shape index (κ2) is 5.51. The minimum absolute atomic E-state index is 0.0229. The molecule has 0 aromatic heterocycles. The van der Waals surface area contributed by atoms with Crippen molar-refractivity contribution in [3.8, 4) is 0 Å². The first-order valence-electron chi connectivity index (χ1n) is 6.47. The largest absolute Gasteiger partial charge is 0.478 e. The van der Waals surface area contributed by atoms with Crippen molar-refractivity contribution in [2.24, 2.45) is 0 Å². The number of nitrogens with one attached hydrogen (secondary N) is 1. The van der Waals surface area contributed by atoms with Crippen molar-refractivity contribution in [1.82, 2.24) is 0 Å². The Kier molecular flexibility index (Phi) is 3.90. The highest BCUT2D eigenvalue weighted by atomic mass is 16.7. The lowest BCUT2D eigenvalue weighted by Gasteiger charge is -2.29. The highest BCUT2D eigenvalue weighted by Crippen LogP contribution is 2.24. The molecule has 1 aromatic carbocycles. The van der Waals surface area contributed by atoms with Crippen molar-refractivity contribution < 1.29 is 29.0 Å². The van der Waals surface area contributed by atoms with Crippen LogP contribution in [0.25, 0.3) is 0 Å². The molecule has 0 saturated carbocycles. The molecule has 1 fully saturated rings. The van der Waals surface area contributed by atoms with Crippen molar-refractivity contribution in [3.63, 3.8) is 0 Å². The second-order valence-electron chi connectivity index (χ2n) is 5.18. The van der Waals surface area contributed by atoms with Crippen molar-refractivity contribution >= 4 is 23.6 Å². The first kappa shape index (κ1) is 15.6. The molecule has 0 atom stereocenters. The minimum Gasteiger partial charge on any atom is -0.478 e. The van der Waals surface area contributed by atoms with Gasteiger partial charge in [0, 0.05) is 20.0 Å². The van der Waals surface area contributed by atoms with E-state index >= 15 is 0 Å². The maximum Gasteiger partial charge on any atom is 0.350 e. The molecule has 7 heteroatoms. The summed E-state index contributed by atoms with van der Waals surface area (Å²) in [6.07, 6.45) is 1.09. The van der Waals surface area contributed by atoms with Crippen molar-refractivity contribution in [1.29, 1.82) is 0 Å². The highest BCUT2D eigenvalue weighted by molar-refractivity contribution is 6.15. The molecule has 2 rings (SSSR count). The van der Waals surface area contributed by atoms with Gasteiger partial charge in [0.25, 0.3) is 5.79 Å². The predicted molar refractivity (Wildman–Crippen MR) is 76.1 cm³/mol. The molecule has 0 radical (unpaired) electrons. The van der Waals surface area contributed by atoms with Gasteiger partial charge in [0.15, 0.2) is 5.57 Å². The summed E-state index contributed by atoms with van der Waals surface area (Å²) in [5.74, 6) is -4.11. The number of rotatable bonds is 3. The maximum absolute atomic E-state index is 11.8. The summed E-state index contributed by atoms with van der Waals surface area (Å²) < 4.78 is 9.89. The Hall–Kier alpha value is -2.83. The van der Waals surface area contributed by atoms with E-state index in [1.165, 1.54) is 19.9 Å². The van der Waals surface area contributed by atoms with Gasteiger partial charge < -0.3 is 19.9 Å². The number of carbonyl (C=O) groups excluding carboxylic acids is 2. The summed E-state index contributed by atoms with van der Waals surface area (Å²) in [6, 6.07) is 4.72. The van der Waals surface area contributed by atoms with Gasteiger partial charge in [0.2, 0.25) is 0 Å². The van der Waals surface area contributed by atoms with Gasteiger partial charge in [-0.3, -0.25) is 0 Å². The fraction of sp³-hybridized carbons (Fsp3) is 0.267. The number of anilines is 1. The average Bonchev–Trinajstić information content (AvgIpc) is 2.37. The van der Waals surface area contributed by atoms with E-state index in [4.69, 9.17) is 14.6 Å². The number of aryl methyl sites for hydroxylation is 1. The molecule has 2 N–H and O–H groups in total. The van der Waals surface area contributed by atoms with Crippen LogP contribution in [-0.2, 0) is 19.1 Å². The summed E-state index contributed by atoms with van der Waals surface area (Å²) >= 11 is 0. The molecule has 1 aromatic rings. The van der Waals surface area contributed by atoms with Gasteiger partial charge in [0.05, 0.1) is 11.3 Å². The van der Waals surface area contributed by atoms with Gasteiger partial charge in [-0.25, -0.2) is 14.4 Å². The summed E-state index contributed by atoms with van der Waals surface area (Å²) in [5, 5.41) is 11.8. The summed E-state index contributed by atoms with van der Waals surface area (Å²) in [4.78, 5) is 34.8. The standard InChI is InChI=1S/C15H15NO6/c1-8-5-4-6-9(12(17)18)11(8)16-7-10-13(19)21-15(2,3)22-14(10)20/h4-7,16H,1-3H3,(H,17,18). The Morgan fingerprint density at radius 3 is 2.36 bits per heavy atom. The average molecular weight is 305 g/mol. The second-order valence-corrected chi connectivity index (χ2v) is 5.18. The molecule has 116 valence electrons. The number of aromatic carboxylic acids is 1. The Morgan fingerprint density at radius 1 is 1.23 bits per heavy atom. The van der Waals surface area contributed by atoms with Crippen LogP contribution < -0.4 is 5.32 Å². The third kappa shape index (κ3) is 3.08. The van der Waals surface area contributed by atoms with Crippen LogP contribution in [0.2, 0.25) is 0 Å². The van der Waals surface area contributed by atoms with Crippen LogP contribution >= 0.6 is 0 Å². The quantitative estimate of drug-likeness (QED) is 0.499. The van der Waals surface area contributed by atoms with Gasteiger partial charge >= 0.3 is 17.9 Å². The molecule has 0 spiro atoms. The zero-order chi connectivity index (χ0) is 16.5. The number of hydrogen-bond donors (Lipinski definition) is 2. The van der Waals surface area contributed by atoms with Gasteiger partial charge in [-0.05, 0) is 18.6 Å². The number of carboxylic acid groups (broad SMARTS) is 1. The minimum atomic E-state index is -1.32. The van der Waals surface area contributed by atoms with E-state index in [1.54, 1.807) is 19.1 Å². The van der Waals surface area contributed by atoms with E-state index in [-0.39, 0.29) is 16.8 Å². The summed E-state index contributed by atoms with van der Waals surface area (Å²) in [6.45, 7) is 4.58. The Labute approximate surface area is 126 Å². The number of hydrogen-bond acceptors (Lipinski definition) is 6. The predicted octanol–water partition coefficient (Wildman–Crippen LogP) is 1.83. The Morgan fingerprint density at radius 2 is 1.82 bits per heavy atom. The van der Waals surface area contributed by atoms with Crippen LogP contribution in [0.4, 0.5) is 5.69 Å². The van der Waals surface area contributed by atoms with Crippen LogP contribution in [-0.4, -0.2) is 28.8 Å². The van der Waals surface area contributed by atoms with E-state index in [2.05, 4.69) is 5.32 Å². The van der Waals surface area contributed by atoms with Crippen LogP contribution in [0.3, 0.4) is 0 Å². The lowest BCUT2D eigenvalue weighted by Crippen LogP contribution is -2.42. The van der Waals surface area contributed by atoms with Crippen LogP contribution in [0.5, 0.6) is 0 Å². The van der Waals surface area contributed by atoms with Gasteiger partial charge in [-0.1, -0.05) is 12.1 Å². The van der Waals surface area contributed by atoms with Gasteiger partial charge in [-0.15, -0.1) is 0 Å². The van der Waals surface area contributed by atoms with Crippen LogP contribution in [0, 0.1) is 6.92 Å². The lowest BCUT2D eigenvalue weighted by atomic mass is 10.1. The number of para-hydroxylation sites is 1. The van der Waals surface area contributed by atoms with Crippen molar-refractivity contribution in [3.05, 3.63) is 41.1 Å². The molecule has 1 aliphatic rings. The molecule has 0 amide bonds. The number of esters is 2. The molecule has 1 heterocycles. The molecule has 1 saturated heterocycles. The smallest absolute Gasteiger partial charge is 0.350 e. The van der Waals surface area contributed by atoms with E-state index < -0.39 is 23.7 Å². The van der Waals surface area contributed by atoms with Crippen molar-refractivity contribution in [2.75, 3.05) is 5.32 Å². The first-order valence-corrected chi connectivity index (χ1v) is 6.47. The third-order valence-corrected chi connectivity index (χ3v) is 2.98. The number of benzene rings is 1. The Bertz CT molecular complexity index is 667. The number of cyclic esters (lactones) is 2. The van der Waals surface area contributed by atoms with Crippen LogP contribution in [0.15, 0.2) is 30.0 Å². The number of carbonyl (C=O) groups is 3. The maximum atomic E-state index is 11.8. The van der Waals surface area contributed by atoms with Gasteiger partial charge in [-0.2, -0.15) is 0 Å². The molecule has 0 bridgehead atoms. The summed E-state index contributed by atoms with van der Waals surface area (Å²) in [7, 11) is 0. The lowest BCUT2D eigenvalue weighted by molar-refractivity contribution is -0.222. The highest BCUT2D eigenvalue weighted by Gasteiger charge is 2.39. The zero-order valence-electron chi connectivity index (χ0n) is 12.3. The topological polar surface area (TPSA) is 102 Å². The third-order valence-electron chi connectivity index (χ3n) is 2.98. The monoisotopic (exact) mass is 305 g/mol. The fourth-order valence-corrected chi connectivity index (χ4v) is 1.96. The molecular weight excluding hydrogens is 290 g/mol. The summed E-state index contributed by atoms with van der Waals surface area (Å²) in [5.41, 5.74) is 0.621. The van der Waals surface area contributed by atoms with E-state index in [1.807, 2.05) is 0 Å². The molecule has 0 aliphatic carbocycles.